The number of carbonyl (C=O) groups is 2. The van der Waals surface area contributed by atoms with Gasteiger partial charge in [0.15, 0.2) is 0 Å². The highest BCUT2D eigenvalue weighted by Crippen LogP contribution is 2.27. The molecule has 1 atom stereocenters. The van der Waals surface area contributed by atoms with Gasteiger partial charge in [0, 0.05) is 12.6 Å². The minimum atomic E-state index is -0.369. The number of hydrogen-bond donors (Lipinski definition) is 3. The maximum atomic E-state index is 11.8. The van der Waals surface area contributed by atoms with Crippen molar-refractivity contribution in [3.63, 3.8) is 0 Å². The first kappa shape index (κ1) is 16.5. The van der Waals surface area contributed by atoms with Gasteiger partial charge in [-0.3, -0.25) is 9.59 Å². The van der Waals surface area contributed by atoms with Crippen molar-refractivity contribution in [3.05, 3.63) is 0 Å². The minimum absolute atomic E-state index is 0.0340. The highest BCUT2D eigenvalue weighted by Gasteiger charge is 2.25. The third-order valence-corrected chi connectivity index (χ3v) is 3.71. The molecule has 1 aliphatic carbocycles. The van der Waals surface area contributed by atoms with E-state index in [4.69, 9.17) is 11.5 Å². The monoisotopic (exact) mass is 280 g/mol. The van der Waals surface area contributed by atoms with Crippen molar-refractivity contribution in [2.45, 2.75) is 51.0 Å². The fourth-order valence-corrected chi connectivity index (χ4v) is 2.72. The largest absolute Gasteiger partial charge is 0.396 e. The van der Waals surface area contributed by atoms with Crippen LogP contribution in [0.4, 0.5) is 0 Å². The molecule has 5 nitrogen and oxygen atoms in total. The molecule has 0 aromatic heterocycles. The van der Waals surface area contributed by atoms with Crippen LogP contribution in [0, 0.1) is 18.3 Å². The molecule has 1 rings (SSSR count). The second-order valence-electron chi connectivity index (χ2n) is 5.24. The Kier molecular flexibility index (Phi) is 7.74. The maximum Gasteiger partial charge on any atom is 0.230 e. The molecule has 0 spiro atoms. The topological polar surface area (TPSA) is 78.4 Å². The van der Waals surface area contributed by atoms with Crippen LogP contribution in [0.15, 0.2) is 0 Å². The van der Waals surface area contributed by atoms with Crippen molar-refractivity contribution >= 4 is 11.8 Å². The number of terminal acetylenes is 1. The van der Waals surface area contributed by atoms with Gasteiger partial charge in [0.25, 0.3) is 0 Å². The van der Waals surface area contributed by atoms with Gasteiger partial charge in [-0.15, -0.1) is 6.42 Å². The number of rotatable bonds is 7. The molecule has 3 N–H and O–H groups in total. The zero-order valence-electron chi connectivity index (χ0n) is 11.9. The average molecular weight is 280 g/mol. The lowest BCUT2D eigenvalue weighted by Crippen LogP contribution is -2.43. The van der Waals surface area contributed by atoms with E-state index in [1.165, 1.54) is 19.3 Å². The third-order valence-electron chi connectivity index (χ3n) is 3.71. The fourth-order valence-electron chi connectivity index (χ4n) is 2.72. The zero-order valence-corrected chi connectivity index (χ0v) is 11.9. The summed E-state index contributed by atoms with van der Waals surface area (Å²) in [6.45, 7) is 0.180. The standard InChI is InChI=1S/C15H24N2O3/c1-2-9-16-14(19)11-15(20)17-13(8-10-18)12-6-4-3-5-7-12/h1,12-13,18H,3-11H2,(H,16,19)(H,17,20). The Morgan fingerprint density at radius 3 is 2.55 bits per heavy atom. The van der Waals surface area contributed by atoms with Crippen molar-refractivity contribution in [2.24, 2.45) is 5.92 Å². The Morgan fingerprint density at radius 2 is 1.95 bits per heavy atom. The Bertz CT molecular complexity index is 357. The molecular weight excluding hydrogens is 256 g/mol. The lowest BCUT2D eigenvalue weighted by Gasteiger charge is -2.30. The third kappa shape index (κ3) is 6.07. The van der Waals surface area contributed by atoms with Gasteiger partial charge in [0.2, 0.25) is 11.8 Å². The van der Waals surface area contributed by atoms with Gasteiger partial charge in [-0.1, -0.05) is 25.2 Å². The van der Waals surface area contributed by atoms with Crippen LogP contribution in [-0.4, -0.2) is 36.1 Å². The molecule has 20 heavy (non-hydrogen) atoms. The summed E-state index contributed by atoms with van der Waals surface area (Å²) in [4.78, 5) is 23.3. The number of amides is 2. The predicted octanol–water partition coefficient (Wildman–Crippen LogP) is 0.573. The summed E-state index contributed by atoms with van der Waals surface area (Å²) in [7, 11) is 0. The summed E-state index contributed by atoms with van der Waals surface area (Å²) in [5, 5.41) is 14.5. The summed E-state index contributed by atoms with van der Waals surface area (Å²) in [6.07, 6.45) is 11.1. The van der Waals surface area contributed by atoms with Crippen LogP contribution in [0.1, 0.15) is 44.9 Å². The second kappa shape index (κ2) is 9.38. The lowest BCUT2D eigenvalue weighted by molar-refractivity contribution is -0.129. The van der Waals surface area contributed by atoms with Crippen molar-refractivity contribution in [3.8, 4) is 12.3 Å². The van der Waals surface area contributed by atoms with Crippen molar-refractivity contribution in [1.29, 1.82) is 0 Å². The highest BCUT2D eigenvalue weighted by molar-refractivity contribution is 5.97. The molecule has 0 aromatic rings. The molecular formula is C15H24N2O3. The molecule has 1 unspecified atom stereocenters. The van der Waals surface area contributed by atoms with E-state index < -0.39 is 0 Å². The van der Waals surface area contributed by atoms with E-state index in [2.05, 4.69) is 16.6 Å². The van der Waals surface area contributed by atoms with Crippen molar-refractivity contribution in [2.75, 3.05) is 13.2 Å². The van der Waals surface area contributed by atoms with E-state index in [9.17, 15) is 9.59 Å². The maximum absolute atomic E-state index is 11.8. The molecule has 0 bridgehead atoms. The number of aliphatic hydroxyl groups excluding tert-OH is 1. The van der Waals surface area contributed by atoms with Gasteiger partial charge in [-0.05, 0) is 25.2 Å². The Hall–Kier alpha value is -1.54. The van der Waals surface area contributed by atoms with Crippen LogP contribution >= 0.6 is 0 Å². The molecule has 2 amide bonds. The van der Waals surface area contributed by atoms with Gasteiger partial charge in [0.1, 0.15) is 6.42 Å². The van der Waals surface area contributed by atoms with Crippen LogP contribution in [-0.2, 0) is 9.59 Å². The number of nitrogens with one attached hydrogen (secondary N) is 2. The zero-order chi connectivity index (χ0) is 14.8. The van der Waals surface area contributed by atoms with Crippen LogP contribution in [0.25, 0.3) is 0 Å². The summed E-state index contributed by atoms with van der Waals surface area (Å²) in [6, 6.07) is -0.0340. The molecule has 1 saturated carbocycles. The number of carbonyl (C=O) groups excluding carboxylic acids is 2. The van der Waals surface area contributed by atoms with Crippen LogP contribution in [0.2, 0.25) is 0 Å². The predicted molar refractivity (Wildman–Crippen MR) is 76.7 cm³/mol. The van der Waals surface area contributed by atoms with E-state index in [1.54, 1.807) is 0 Å². The molecule has 5 heteroatoms. The Labute approximate surface area is 120 Å². The normalized spacial score (nSPS) is 17.0. The summed E-state index contributed by atoms with van der Waals surface area (Å²) < 4.78 is 0. The quantitative estimate of drug-likeness (QED) is 0.471. The van der Waals surface area contributed by atoms with E-state index in [-0.39, 0.29) is 37.4 Å². The van der Waals surface area contributed by atoms with Gasteiger partial charge in [0.05, 0.1) is 6.54 Å². The van der Waals surface area contributed by atoms with Crippen LogP contribution in [0.3, 0.4) is 0 Å². The fraction of sp³-hybridized carbons (Fsp3) is 0.733. The Morgan fingerprint density at radius 1 is 1.25 bits per heavy atom. The second-order valence-corrected chi connectivity index (χ2v) is 5.24. The van der Waals surface area contributed by atoms with Gasteiger partial charge < -0.3 is 15.7 Å². The molecule has 0 aromatic carbocycles. The average Bonchev–Trinajstić information content (AvgIpc) is 2.45. The smallest absolute Gasteiger partial charge is 0.230 e. The summed E-state index contributed by atoms with van der Waals surface area (Å²) >= 11 is 0. The molecule has 1 fully saturated rings. The van der Waals surface area contributed by atoms with Crippen LogP contribution in [0.5, 0.6) is 0 Å². The number of aliphatic hydroxyl groups is 1. The van der Waals surface area contributed by atoms with Gasteiger partial charge in [-0.2, -0.15) is 0 Å². The molecule has 112 valence electrons. The first-order valence-electron chi connectivity index (χ1n) is 7.27. The lowest BCUT2D eigenvalue weighted by atomic mass is 9.82. The van der Waals surface area contributed by atoms with E-state index in [1.807, 2.05) is 0 Å². The van der Waals surface area contributed by atoms with E-state index >= 15 is 0 Å². The first-order chi connectivity index (χ1) is 9.67. The van der Waals surface area contributed by atoms with Crippen molar-refractivity contribution < 1.29 is 14.7 Å². The Balaban J connectivity index is 2.41. The highest BCUT2D eigenvalue weighted by atomic mass is 16.3. The molecule has 1 aliphatic rings. The van der Waals surface area contributed by atoms with Crippen LogP contribution < -0.4 is 10.6 Å². The SMILES string of the molecule is C#CCNC(=O)CC(=O)NC(CCO)C1CCCCC1. The molecule has 0 aliphatic heterocycles. The van der Waals surface area contributed by atoms with E-state index in [0.29, 0.717) is 12.3 Å². The van der Waals surface area contributed by atoms with Crippen molar-refractivity contribution in [1.82, 2.24) is 10.6 Å². The molecule has 0 saturated heterocycles. The van der Waals surface area contributed by atoms with E-state index in [0.717, 1.165) is 12.8 Å². The minimum Gasteiger partial charge on any atom is -0.396 e. The molecule has 0 radical (unpaired) electrons. The summed E-state index contributed by atoms with van der Waals surface area (Å²) in [5.74, 6) is 2.03. The number of hydrogen-bond acceptors (Lipinski definition) is 3. The summed E-state index contributed by atoms with van der Waals surface area (Å²) in [5.41, 5.74) is 0. The first-order valence-corrected chi connectivity index (χ1v) is 7.27. The molecule has 0 heterocycles. The van der Waals surface area contributed by atoms with Gasteiger partial charge >= 0.3 is 0 Å². The van der Waals surface area contributed by atoms with Gasteiger partial charge in [-0.25, -0.2) is 0 Å².